The lowest BCUT2D eigenvalue weighted by atomic mass is 10.1. The molecule has 0 bridgehead atoms. The molecule has 4 heterocycles. The zero-order valence-electron chi connectivity index (χ0n) is 18.4. The first kappa shape index (κ1) is 20.6. The molecule has 3 aromatic heterocycles. The first-order valence-corrected chi connectivity index (χ1v) is 11.2. The van der Waals surface area contributed by atoms with Gasteiger partial charge >= 0.3 is 0 Å². The molecule has 4 aromatic rings. The number of carbonyl (C=O) groups is 1. The normalized spacial score (nSPS) is 17.1. The number of imidazole rings is 1. The number of pyridine rings is 1. The van der Waals surface area contributed by atoms with Crippen LogP contribution in [0.1, 0.15) is 58.9 Å². The Balaban J connectivity index is 1.28. The Hall–Kier alpha value is -3.95. The van der Waals surface area contributed by atoms with Crippen molar-refractivity contribution in [1.82, 2.24) is 29.3 Å². The fraction of sp³-hybridized carbons (Fsp3) is 0.292. The Bertz CT molecular complexity index is 1420. The lowest BCUT2D eigenvalue weighted by Crippen LogP contribution is -2.16. The summed E-state index contributed by atoms with van der Waals surface area (Å²) >= 11 is 0. The third-order valence-corrected chi connectivity index (χ3v) is 6.28. The van der Waals surface area contributed by atoms with Gasteiger partial charge in [0, 0.05) is 25.0 Å². The summed E-state index contributed by atoms with van der Waals surface area (Å²) in [5.74, 6) is 0.285. The molecule has 1 atom stereocenters. The zero-order chi connectivity index (χ0) is 23.4. The van der Waals surface area contributed by atoms with Crippen LogP contribution in [-0.4, -0.2) is 35.2 Å². The van der Waals surface area contributed by atoms with Crippen molar-refractivity contribution in [2.75, 3.05) is 5.32 Å². The van der Waals surface area contributed by atoms with Crippen LogP contribution in [0.3, 0.4) is 0 Å². The fourth-order valence-electron chi connectivity index (χ4n) is 4.33. The topological polar surface area (TPSA) is 90.5 Å². The van der Waals surface area contributed by atoms with E-state index in [0.29, 0.717) is 47.4 Å². The molecule has 0 radical (unpaired) electrons. The van der Waals surface area contributed by atoms with Crippen molar-refractivity contribution in [2.24, 2.45) is 0 Å². The van der Waals surface area contributed by atoms with Crippen LogP contribution in [0.5, 0.6) is 0 Å². The van der Waals surface area contributed by atoms with Crippen LogP contribution in [-0.2, 0) is 6.42 Å². The summed E-state index contributed by atoms with van der Waals surface area (Å²) in [6, 6.07) is 7.77. The molecule has 8 nitrogen and oxygen atoms in total. The minimum atomic E-state index is -1.20. The van der Waals surface area contributed by atoms with E-state index in [1.807, 2.05) is 10.8 Å². The van der Waals surface area contributed by atoms with Crippen LogP contribution >= 0.6 is 0 Å². The number of fused-ring (bicyclic) bond motifs is 1. The van der Waals surface area contributed by atoms with Crippen molar-refractivity contribution < 1.29 is 13.6 Å². The molecule has 1 N–H and O–H groups in total. The maximum absolute atomic E-state index is 14.8. The quantitative estimate of drug-likeness (QED) is 0.472. The molecule has 1 fully saturated rings. The van der Waals surface area contributed by atoms with Crippen LogP contribution in [0.4, 0.5) is 14.6 Å². The Morgan fingerprint density at radius 3 is 2.85 bits per heavy atom. The summed E-state index contributed by atoms with van der Waals surface area (Å²) in [7, 11) is 0. The van der Waals surface area contributed by atoms with Crippen LogP contribution in [0.2, 0.25) is 0 Å². The van der Waals surface area contributed by atoms with E-state index in [1.54, 1.807) is 31.5 Å². The highest BCUT2D eigenvalue weighted by atomic mass is 19.1. The first-order valence-electron chi connectivity index (χ1n) is 11.2. The standard InChI is InChI=1S/C24H21F2N7O/c1-13-9-16(25)15(10-19(13)32-11-18(27-12-32)14-5-6-14)24(34)29-21-4-2-3-17(28-21)23-31-30-22-8-7-20(26)33(22)23/h2-4,9-12,14,20H,5-8H2,1H3,(H,28,29,34)/t20-/m1/s1. The number of nitrogens with zero attached hydrogens (tertiary/aromatic N) is 6. The second kappa shape index (κ2) is 7.82. The van der Waals surface area contributed by atoms with Crippen molar-refractivity contribution >= 4 is 11.7 Å². The smallest absolute Gasteiger partial charge is 0.259 e. The van der Waals surface area contributed by atoms with Gasteiger partial charge < -0.3 is 9.88 Å². The van der Waals surface area contributed by atoms with Gasteiger partial charge in [-0.15, -0.1) is 10.2 Å². The Labute approximate surface area is 193 Å². The number of benzene rings is 1. The van der Waals surface area contributed by atoms with Crippen LogP contribution < -0.4 is 5.32 Å². The Morgan fingerprint density at radius 1 is 1.18 bits per heavy atom. The highest BCUT2D eigenvalue weighted by Gasteiger charge is 2.28. The molecule has 10 heteroatoms. The Kier molecular flexibility index (Phi) is 4.75. The summed E-state index contributed by atoms with van der Waals surface area (Å²) in [5.41, 5.74) is 2.64. The maximum atomic E-state index is 14.8. The van der Waals surface area contributed by atoms with Crippen LogP contribution in [0, 0.1) is 12.7 Å². The van der Waals surface area contributed by atoms with E-state index < -0.39 is 18.0 Å². The van der Waals surface area contributed by atoms with Gasteiger partial charge in [-0.3, -0.25) is 9.36 Å². The summed E-state index contributed by atoms with van der Waals surface area (Å²) < 4.78 is 32.3. The van der Waals surface area contributed by atoms with E-state index in [0.717, 1.165) is 18.5 Å². The average molecular weight is 461 g/mol. The second-order valence-corrected chi connectivity index (χ2v) is 8.74. The fourth-order valence-corrected chi connectivity index (χ4v) is 4.33. The van der Waals surface area contributed by atoms with Gasteiger partial charge in [-0.25, -0.2) is 18.7 Å². The minimum absolute atomic E-state index is 0.110. The number of nitrogens with one attached hydrogen (secondary N) is 1. The van der Waals surface area contributed by atoms with E-state index in [-0.39, 0.29) is 11.4 Å². The maximum Gasteiger partial charge on any atom is 0.259 e. The number of carbonyl (C=O) groups excluding carboxylic acids is 1. The van der Waals surface area contributed by atoms with Gasteiger partial charge in [-0.05, 0) is 49.6 Å². The molecular formula is C24H21F2N7O. The number of anilines is 1. The van der Waals surface area contributed by atoms with Crippen molar-refractivity contribution in [3.05, 3.63) is 71.3 Å². The Morgan fingerprint density at radius 2 is 2.03 bits per heavy atom. The van der Waals surface area contributed by atoms with Gasteiger partial charge in [0.05, 0.1) is 23.3 Å². The number of amides is 1. The summed E-state index contributed by atoms with van der Waals surface area (Å²) in [5, 5.41) is 10.7. The summed E-state index contributed by atoms with van der Waals surface area (Å²) in [6.07, 6.45) is 5.53. The average Bonchev–Trinajstić information content (AvgIpc) is 3.23. The monoisotopic (exact) mass is 461 g/mol. The van der Waals surface area contributed by atoms with E-state index >= 15 is 0 Å². The predicted molar refractivity (Wildman–Crippen MR) is 120 cm³/mol. The molecule has 1 amide bonds. The van der Waals surface area contributed by atoms with Gasteiger partial charge in [0.1, 0.15) is 23.2 Å². The largest absolute Gasteiger partial charge is 0.306 e. The molecule has 0 saturated heterocycles. The molecule has 1 aromatic carbocycles. The molecule has 6 rings (SSSR count). The lowest BCUT2D eigenvalue weighted by molar-refractivity contribution is 0.102. The van der Waals surface area contributed by atoms with Crippen molar-refractivity contribution in [3.63, 3.8) is 0 Å². The molecule has 0 spiro atoms. The SMILES string of the molecule is Cc1cc(F)c(C(=O)Nc2cccc(-c3nnc4n3[C@@H](F)CC4)n2)cc1-n1cnc(C2CC2)c1. The van der Waals surface area contributed by atoms with Gasteiger partial charge in [-0.1, -0.05) is 6.07 Å². The lowest BCUT2D eigenvalue weighted by Gasteiger charge is -2.12. The molecular weight excluding hydrogens is 440 g/mol. The minimum Gasteiger partial charge on any atom is -0.306 e. The number of aromatic nitrogens is 6. The summed E-state index contributed by atoms with van der Waals surface area (Å²) in [4.78, 5) is 21.8. The van der Waals surface area contributed by atoms with Crippen molar-refractivity contribution in [2.45, 2.75) is 44.8 Å². The molecule has 34 heavy (non-hydrogen) atoms. The number of alkyl halides is 1. The second-order valence-electron chi connectivity index (χ2n) is 8.74. The van der Waals surface area contributed by atoms with Gasteiger partial charge in [0.25, 0.3) is 5.91 Å². The van der Waals surface area contributed by atoms with Gasteiger partial charge in [0.2, 0.25) is 0 Å². The van der Waals surface area contributed by atoms with Gasteiger partial charge in [-0.2, -0.15) is 0 Å². The molecule has 1 aliphatic carbocycles. The molecule has 1 saturated carbocycles. The predicted octanol–water partition coefficient (Wildman–Crippen LogP) is 4.52. The van der Waals surface area contributed by atoms with E-state index in [1.165, 1.54) is 16.7 Å². The van der Waals surface area contributed by atoms with Crippen LogP contribution in [0.15, 0.2) is 42.9 Å². The molecule has 2 aliphatic rings. The summed E-state index contributed by atoms with van der Waals surface area (Å²) in [6.45, 7) is 1.79. The van der Waals surface area contributed by atoms with Gasteiger partial charge in [0.15, 0.2) is 12.1 Å². The zero-order valence-corrected chi connectivity index (χ0v) is 18.4. The molecule has 0 unspecified atom stereocenters. The number of hydrogen-bond acceptors (Lipinski definition) is 5. The first-order chi connectivity index (χ1) is 16.5. The van der Waals surface area contributed by atoms with E-state index in [2.05, 4.69) is 25.5 Å². The number of rotatable bonds is 5. The number of halogens is 2. The van der Waals surface area contributed by atoms with Crippen LogP contribution in [0.25, 0.3) is 17.2 Å². The van der Waals surface area contributed by atoms with Crippen molar-refractivity contribution in [3.8, 4) is 17.2 Å². The van der Waals surface area contributed by atoms with Crippen molar-refractivity contribution in [1.29, 1.82) is 0 Å². The molecule has 1 aliphatic heterocycles. The third kappa shape index (κ3) is 3.55. The van der Waals surface area contributed by atoms with E-state index in [9.17, 15) is 13.6 Å². The highest BCUT2D eigenvalue weighted by molar-refractivity contribution is 6.04. The van der Waals surface area contributed by atoms with E-state index in [4.69, 9.17) is 0 Å². The highest BCUT2D eigenvalue weighted by Crippen LogP contribution is 2.39. The third-order valence-electron chi connectivity index (χ3n) is 6.28. The number of hydrogen-bond donors (Lipinski definition) is 1. The molecule has 172 valence electrons. The number of aryl methyl sites for hydroxylation is 2.